The molecule has 0 aliphatic carbocycles. The molecule has 1 heterocycles. The summed E-state index contributed by atoms with van der Waals surface area (Å²) in [5.74, 6) is 1.86. The van der Waals surface area contributed by atoms with Gasteiger partial charge < -0.3 is 29.3 Å². The zero-order valence-electron chi connectivity index (χ0n) is 22.8. The van der Waals surface area contributed by atoms with Crippen LogP contribution < -0.4 is 19.5 Å². The lowest BCUT2D eigenvalue weighted by atomic mass is 10.1. The van der Waals surface area contributed by atoms with Crippen LogP contribution in [0, 0.1) is 6.92 Å². The predicted octanol–water partition coefficient (Wildman–Crippen LogP) is 5.60. The summed E-state index contributed by atoms with van der Waals surface area (Å²) >= 11 is 1.63. The van der Waals surface area contributed by atoms with Gasteiger partial charge in [0.05, 0.1) is 27.9 Å². The largest absolute Gasteiger partial charge is 0.497 e. The van der Waals surface area contributed by atoms with E-state index in [-0.39, 0.29) is 18.5 Å². The van der Waals surface area contributed by atoms with Crippen molar-refractivity contribution in [3.8, 4) is 17.2 Å². The minimum Gasteiger partial charge on any atom is -0.497 e. The molecule has 0 saturated heterocycles. The maximum Gasteiger partial charge on any atom is 0.322 e. The monoisotopic (exact) mass is 539 g/mol. The lowest BCUT2D eigenvalue weighted by Gasteiger charge is -2.28. The number of ether oxygens (including phenoxy) is 3. The molecule has 2 aromatic carbocycles. The molecule has 0 spiro atoms. The Bertz CT molecular complexity index is 1210. The van der Waals surface area contributed by atoms with Crippen LogP contribution in [0.2, 0.25) is 0 Å². The van der Waals surface area contributed by atoms with Gasteiger partial charge in [-0.2, -0.15) is 0 Å². The van der Waals surface area contributed by atoms with E-state index < -0.39 is 0 Å². The van der Waals surface area contributed by atoms with Crippen molar-refractivity contribution in [2.45, 2.75) is 33.2 Å². The van der Waals surface area contributed by atoms with Crippen molar-refractivity contribution >= 4 is 29.0 Å². The summed E-state index contributed by atoms with van der Waals surface area (Å²) in [5, 5.41) is 4.93. The number of rotatable bonds is 13. The molecule has 0 atom stereocenters. The molecular formula is C29H37N3O5S. The number of methoxy groups -OCH3 is 3. The summed E-state index contributed by atoms with van der Waals surface area (Å²) in [7, 11) is 4.79. The third-order valence-corrected chi connectivity index (χ3v) is 7.21. The summed E-state index contributed by atoms with van der Waals surface area (Å²) in [4.78, 5) is 31.3. The Morgan fingerprint density at radius 3 is 2.37 bits per heavy atom. The van der Waals surface area contributed by atoms with Crippen LogP contribution in [0.15, 0.2) is 53.9 Å². The molecule has 0 saturated carbocycles. The van der Waals surface area contributed by atoms with Gasteiger partial charge in [-0.15, -0.1) is 11.3 Å². The Labute approximate surface area is 229 Å². The number of benzene rings is 2. The molecule has 8 nitrogen and oxygen atoms in total. The lowest BCUT2D eigenvalue weighted by Crippen LogP contribution is -2.45. The van der Waals surface area contributed by atoms with Gasteiger partial charge in [0.1, 0.15) is 12.3 Å². The molecule has 1 N–H and O–H groups in total. The zero-order valence-corrected chi connectivity index (χ0v) is 23.6. The maximum atomic E-state index is 13.6. The van der Waals surface area contributed by atoms with Crippen LogP contribution in [0.3, 0.4) is 0 Å². The number of hydrogen-bond acceptors (Lipinski definition) is 6. The minimum absolute atomic E-state index is 0.0139. The second-order valence-electron chi connectivity index (χ2n) is 8.87. The highest BCUT2D eigenvalue weighted by molar-refractivity contribution is 7.10. The Hall–Kier alpha value is -3.72. The summed E-state index contributed by atoms with van der Waals surface area (Å²) in [6.07, 6.45) is 1.37. The Morgan fingerprint density at radius 1 is 0.921 bits per heavy atom. The van der Waals surface area contributed by atoms with Crippen LogP contribution in [0.25, 0.3) is 0 Å². The molecule has 3 amide bonds. The molecule has 1 aromatic heterocycles. The third-order valence-electron chi connectivity index (χ3n) is 6.20. The van der Waals surface area contributed by atoms with Crippen molar-refractivity contribution in [1.82, 2.24) is 9.80 Å². The molecule has 204 valence electrons. The van der Waals surface area contributed by atoms with E-state index in [4.69, 9.17) is 14.2 Å². The van der Waals surface area contributed by atoms with Crippen molar-refractivity contribution in [2.75, 3.05) is 46.3 Å². The number of amides is 3. The molecule has 38 heavy (non-hydrogen) atoms. The highest BCUT2D eigenvalue weighted by atomic mass is 32.1. The van der Waals surface area contributed by atoms with Crippen LogP contribution in [0.5, 0.6) is 17.2 Å². The van der Waals surface area contributed by atoms with Crippen molar-refractivity contribution in [3.05, 3.63) is 69.9 Å². The summed E-state index contributed by atoms with van der Waals surface area (Å²) in [6, 6.07) is 14.7. The molecule has 3 aromatic rings. The van der Waals surface area contributed by atoms with Gasteiger partial charge >= 0.3 is 6.03 Å². The van der Waals surface area contributed by atoms with Gasteiger partial charge in [0, 0.05) is 29.7 Å². The first kappa shape index (κ1) is 28.8. The quantitative estimate of drug-likeness (QED) is 0.306. The molecule has 0 aliphatic heterocycles. The molecule has 3 rings (SSSR count). The van der Waals surface area contributed by atoms with Crippen LogP contribution in [-0.4, -0.2) is 62.7 Å². The number of carbonyl (C=O) groups is 2. The fourth-order valence-corrected chi connectivity index (χ4v) is 4.94. The topological polar surface area (TPSA) is 80.3 Å². The van der Waals surface area contributed by atoms with Gasteiger partial charge in [0.25, 0.3) is 0 Å². The van der Waals surface area contributed by atoms with Gasteiger partial charge in [-0.05, 0) is 66.6 Å². The number of anilines is 1. The standard InChI is InChI=1S/C29H37N3O5S/c1-6-14-32(29(34)30-23-8-7-9-24(18-23)35-3)20-28(33)31(19-27-21(2)13-16-38-27)15-12-22-10-11-25(36-4)26(17-22)37-5/h7-11,13,16-18H,6,12,14-15,19-20H2,1-5H3,(H,30,34). The molecule has 9 heteroatoms. The second-order valence-corrected chi connectivity index (χ2v) is 9.87. The van der Waals surface area contributed by atoms with E-state index in [9.17, 15) is 9.59 Å². The van der Waals surface area contributed by atoms with Crippen molar-refractivity contribution < 1.29 is 23.8 Å². The molecule has 0 bridgehead atoms. The number of aryl methyl sites for hydroxylation is 1. The van der Waals surface area contributed by atoms with Crippen LogP contribution in [0.1, 0.15) is 29.3 Å². The van der Waals surface area contributed by atoms with E-state index in [0.29, 0.717) is 49.0 Å². The van der Waals surface area contributed by atoms with Gasteiger partial charge in [0.2, 0.25) is 5.91 Å². The minimum atomic E-state index is -0.319. The number of nitrogens with zero attached hydrogens (tertiary/aromatic N) is 2. The van der Waals surface area contributed by atoms with Gasteiger partial charge in [-0.3, -0.25) is 4.79 Å². The van der Waals surface area contributed by atoms with Gasteiger partial charge in [0.15, 0.2) is 11.5 Å². The maximum absolute atomic E-state index is 13.6. The van der Waals surface area contributed by atoms with E-state index in [1.165, 1.54) is 0 Å². The Kier molecular flexibility index (Phi) is 10.8. The van der Waals surface area contributed by atoms with E-state index in [1.807, 2.05) is 54.5 Å². The third kappa shape index (κ3) is 7.89. The summed E-state index contributed by atoms with van der Waals surface area (Å²) < 4.78 is 16.0. The number of carbonyl (C=O) groups excluding carboxylic acids is 2. The number of thiophene rings is 1. The zero-order chi connectivity index (χ0) is 27.5. The fraction of sp³-hybridized carbons (Fsp3) is 0.379. The molecule has 0 fully saturated rings. The lowest BCUT2D eigenvalue weighted by molar-refractivity contribution is -0.132. The van der Waals surface area contributed by atoms with Gasteiger partial charge in [-0.25, -0.2) is 4.79 Å². The molecule has 0 aliphatic rings. The molecular weight excluding hydrogens is 502 g/mol. The molecule has 0 radical (unpaired) electrons. The van der Waals surface area contributed by atoms with E-state index in [0.717, 1.165) is 22.4 Å². The normalized spacial score (nSPS) is 10.6. The Morgan fingerprint density at radius 2 is 1.71 bits per heavy atom. The highest BCUT2D eigenvalue weighted by Crippen LogP contribution is 2.28. The molecule has 0 unspecified atom stereocenters. The van der Waals surface area contributed by atoms with Gasteiger partial charge in [-0.1, -0.05) is 19.1 Å². The highest BCUT2D eigenvalue weighted by Gasteiger charge is 2.22. The van der Waals surface area contributed by atoms with E-state index in [1.54, 1.807) is 49.7 Å². The SMILES string of the molecule is CCCN(CC(=O)N(CCc1ccc(OC)c(OC)c1)Cc1sccc1C)C(=O)Nc1cccc(OC)c1. The van der Waals surface area contributed by atoms with Crippen LogP contribution in [-0.2, 0) is 17.8 Å². The van der Waals surface area contributed by atoms with Crippen molar-refractivity contribution in [3.63, 3.8) is 0 Å². The number of urea groups is 1. The second kappa shape index (κ2) is 14.3. The summed E-state index contributed by atoms with van der Waals surface area (Å²) in [5.41, 5.74) is 2.80. The average molecular weight is 540 g/mol. The fourth-order valence-electron chi connectivity index (χ4n) is 4.02. The van der Waals surface area contributed by atoms with E-state index in [2.05, 4.69) is 11.4 Å². The number of nitrogens with one attached hydrogen (secondary N) is 1. The van der Waals surface area contributed by atoms with E-state index >= 15 is 0 Å². The number of hydrogen-bond donors (Lipinski definition) is 1. The van der Waals surface area contributed by atoms with Crippen LogP contribution >= 0.6 is 11.3 Å². The summed E-state index contributed by atoms with van der Waals surface area (Å²) in [6.45, 7) is 5.48. The van der Waals surface area contributed by atoms with Crippen molar-refractivity contribution in [1.29, 1.82) is 0 Å². The first-order valence-electron chi connectivity index (χ1n) is 12.6. The van der Waals surface area contributed by atoms with Crippen LogP contribution in [0.4, 0.5) is 10.5 Å². The van der Waals surface area contributed by atoms with Crippen molar-refractivity contribution in [2.24, 2.45) is 0 Å². The Balaban J connectivity index is 1.75. The predicted molar refractivity (Wildman–Crippen MR) is 152 cm³/mol. The first-order chi connectivity index (χ1) is 18.4. The first-order valence-corrected chi connectivity index (χ1v) is 13.5. The smallest absolute Gasteiger partial charge is 0.322 e. The average Bonchev–Trinajstić information content (AvgIpc) is 3.34.